The Morgan fingerprint density at radius 3 is 2.94 bits per heavy atom. The van der Waals surface area contributed by atoms with Gasteiger partial charge in [0.05, 0.1) is 36.0 Å². The summed E-state index contributed by atoms with van der Waals surface area (Å²) < 4.78 is 3.32. The Morgan fingerprint density at radius 1 is 1.19 bits per heavy atom. The zero-order valence-corrected chi connectivity index (χ0v) is 17.9. The second kappa shape index (κ2) is 8.40. The third-order valence-corrected chi connectivity index (χ3v) is 5.71. The minimum atomic E-state index is -0.214. The highest BCUT2D eigenvalue weighted by Gasteiger charge is 2.24. The molecule has 4 aromatic rings. The maximum absolute atomic E-state index is 13.4. The number of aromatic nitrogens is 6. The lowest BCUT2D eigenvalue weighted by atomic mass is 10.1. The van der Waals surface area contributed by atoms with Gasteiger partial charge in [-0.25, -0.2) is 14.6 Å². The van der Waals surface area contributed by atoms with E-state index < -0.39 is 0 Å². The van der Waals surface area contributed by atoms with Gasteiger partial charge in [0.25, 0.3) is 5.56 Å². The van der Waals surface area contributed by atoms with Gasteiger partial charge in [-0.15, -0.1) is 5.92 Å². The summed E-state index contributed by atoms with van der Waals surface area (Å²) in [6, 6.07) is 7.61. The topological polar surface area (TPSA) is 108 Å². The van der Waals surface area contributed by atoms with E-state index in [4.69, 9.17) is 10.7 Å². The van der Waals surface area contributed by atoms with Crippen molar-refractivity contribution in [2.24, 2.45) is 5.73 Å². The predicted molar refractivity (Wildman–Crippen MR) is 123 cm³/mol. The van der Waals surface area contributed by atoms with Crippen molar-refractivity contribution in [3.63, 3.8) is 0 Å². The van der Waals surface area contributed by atoms with E-state index in [1.54, 1.807) is 19.3 Å². The first-order valence-electron chi connectivity index (χ1n) is 10.7. The smallest absolute Gasteiger partial charge is 0.293 e. The fourth-order valence-corrected chi connectivity index (χ4v) is 4.17. The Balaban J connectivity index is 1.58. The highest BCUT2D eigenvalue weighted by atomic mass is 16.1. The average Bonchev–Trinajstić information content (AvgIpc) is 3.19. The fraction of sp³-hybridized carbons (Fsp3) is 0.348. The molecule has 162 valence electrons. The second-order valence-electron chi connectivity index (χ2n) is 7.96. The standard InChI is InChI=1S/C23H24N8O/c1-2-3-12-30-21-20(28-23(30)29-11-5-6-16(24)14-29)13-26-31(22(21)32)15-17-8-9-18-19(27-17)7-4-10-25-18/h4,7-10,13,16H,5-6,11-12,14-15,24H2,1H3. The third-order valence-electron chi connectivity index (χ3n) is 5.71. The summed E-state index contributed by atoms with van der Waals surface area (Å²) in [7, 11) is 0. The highest BCUT2D eigenvalue weighted by molar-refractivity contribution is 5.77. The van der Waals surface area contributed by atoms with Crippen LogP contribution in [0.4, 0.5) is 5.95 Å². The summed E-state index contributed by atoms with van der Waals surface area (Å²) in [5, 5.41) is 4.37. The molecule has 2 N–H and O–H groups in total. The second-order valence-corrected chi connectivity index (χ2v) is 7.96. The molecule has 32 heavy (non-hydrogen) atoms. The molecular weight excluding hydrogens is 404 g/mol. The number of hydrogen-bond acceptors (Lipinski definition) is 7. The van der Waals surface area contributed by atoms with Crippen molar-refractivity contribution in [1.29, 1.82) is 0 Å². The molecule has 5 rings (SSSR count). The van der Waals surface area contributed by atoms with E-state index in [-0.39, 0.29) is 18.1 Å². The molecule has 0 aliphatic carbocycles. The molecule has 0 saturated carbocycles. The minimum absolute atomic E-state index is 0.0949. The Kier molecular flexibility index (Phi) is 5.29. The molecule has 1 atom stereocenters. The van der Waals surface area contributed by atoms with Crippen molar-refractivity contribution in [3.8, 4) is 11.8 Å². The third kappa shape index (κ3) is 3.69. The molecule has 5 heterocycles. The van der Waals surface area contributed by atoms with Crippen molar-refractivity contribution in [2.75, 3.05) is 18.0 Å². The van der Waals surface area contributed by atoms with Gasteiger partial charge in [0.1, 0.15) is 11.0 Å². The molecule has 9 heteroatoms. The van der Waals surface area contributed by atoms with E-state index in [9.17, 15) is 4.79 Å². The Bertz CT molecular complexity index is 1410. The van der Waals surface area contributed by atoms with Crippen LogP contribution in [0, 0.1) is 11.8 Å². The van der Waals surface area contributed by atoms with E-state index in [0.717, 1.165) is 42.1 Å². The number of fused-ring (bicyclic) bond motifs is 2. The van der Waals surface area contributed by atoms with Crippen LogP contribution in [-0.2, 0) is 13.1 Å². The molecule has 0 amide bonds. The number of imidazole rings is 1. The Hall–Kier alpha value is -3.77. The van der Waals surface area contributed by atoms with Gasteiger partial charge in [-0.3, -0.25) is 14.3 Å². The monoisotopic (exact) mass is 428 g/mol. The average molecular weight is 429 g/mol. The lowest BCUT2D eigenvalue weighted by molar-refractivity contribution is 0.496. The SMILES string of the molecule is CC#CCn1c(N2CCCC(N)C2)nc2cnn(Cc3ccc4ncccc4n3)c(=O)c21. The van der Waals surface area contributed by atoms with Crippen LogP contribution < -0.4 is 16.2 Å². The minimum Gasteiger partial charge on any atom is -0.341 e. The van der Waals surface area contributed by atoms with Crippen molar-refractivity contribution >= 4 is 28.0 Å². The Labute approximate surface area is 184 Å². The van der Waals surface area contributed by atoms with Crippen molar-refractivity contribution in [2.45, 2.75) is 38.9 Å². The lowest BCUT2D eigenvalue weighted by Crippen LogP contribution is -2.44. The van der Waals surface area contributed by atoms with Crippen LogP contribution in [0.15, 0.2) is 41.5 Å². The molecule has 1 fully saturated rings. The molecule has 0 bridgehead atoms. The number of anilines is 1. The quantitative estimate of drug-likeness (QED) is 0.491. The van der Waals surface area contributed by atoms with Gasteiger partial charge in [-0.2, -0.15) is 5.10 Å². The van der Waals surface area contributed by atoms with Gasteiger partial charge >= 0.3 is 0 Å². The summed E-state index contributed by atoms with van der Waals surface area (Å²) in [6.45, 7) is 3.99. The van der Waals surface area contributed by atoms with Crippen molar-refractivity contribution < 1.29 is 0 Å². The van der Waals surface area contributed by atoms with E-state index in [1.165, 1.54) is 4.68 Å². The summed E-state index contributed by atoms with van der Waals surface area (Å²) in [6.07, 6.45) is 5.36. The number of piperidine rings is 1. The lowest BCUT2D eigenvalue weighted by Gasteiger charge is -2.31. The van der Waals surface area contributed by atoms with Gasteiger partial charge in [0.2, 0.25) is 5.95 Å². The fourth-order valence-electron chi connectivity index (χ4n) is 4.17. The van der Waals surface area contributed by atoms with E-state index in [2.05, 4.69) is 31.8 Å². The number of nitrogens with two attached hydrogens (primary N) is 1. The molecule has 9 nitrogen and oxygen atoms in total. The summed E-state index contributed by atoms with van der Waals surface area (Å²) >= 11 is 0. The zero-order chi connectivity index (χ0) is 22.1. The molecule has 0 radical (unpaired) electrons. The Morgan fingerprint density at radius 2 is 2.09 bits per heavy atom. The van der Waals surface area contributed by atoms with Gasteiger partial charge < -0.3 is 10.6 Å². The molecule has 1 saturated heterocycles. The van der Waals surface area contributed by atoms with Gasteiger partial charge in [0, 0.05) is 25.3 Å². The van der Waals surface area contributed by atoms with Crippen LogP contribution >= 0.6 is 0 Å². The normalized spacial score (nSPS) is 16.3. The van der Waals surface area contributed by atoms with E-state index >= 15 is 0 Å². The number of pyridine rings is 2. The summed E-state index contributed by atoms with van der Waals surface area (Å²) in [5.74, 6) is 6.72. The van der Waals surface area contributed by atoms with Crippen LogP contribution in [-0.4, -0.2) is 48.4 Å². The van der Waals surface area contributed by atoms with Crippen LogP contribution in [0.2, 0.25) is 0 Å². The first-order chi connectivity index (χ1) is 15.6. The summed E-state index contributed by atoms with van der Waals surface area (Å²) in [5.41, 5.74) is 9.37. The summed E-state index contributed by atoms with van der Waals surface area (Å²) in [4.78, 5) is 29.3. The van der Waals surface area contributed by atoms with E-state index in [1.807, 2.05) is 28.8 Å². The van der Waals surface area contributed by atoms with Crippen molar-refractivity contribution in [3.05, 3.63) is 52.7 Å². The highest BCUT2D eigenvalue weighted by Crippen LogP contribution is 2.23. The molecule has 1 aliphatic rings. The molecule has 0 aromatic carbocycles. The van der Waals surface area contributed by atoms with Crippen LogP contribution in [0.5, 0.6) is 0 Å². The molecule has 1 unspecified atom stereocenters. The van der Waals surface area contributed by atoms with Crippen LogP contribution in [0.3, 0.4) is 0 Å². The molecule has 0 spiro atoms. The largest absolute Gasteiger partial charge is 0.341 e. The number of nitrogens with zero attached hydrogens (tertiary/aromatic N) is 7. The van der Waals surface area contributed by atoms with Gasteiger partial charge in [-0.1, -0.05) is 5.92 Å². The van der Waals surface area contributed by atoms with Crippen LogP contribution in [0.25, 0.3) is 22.1 Å². The van der Waals surface area contributed by atoms with Gasteiger partial charge in [-0.05, 0) is 44.0 Å². The predicted octanol–water partition coefficient (Wildman–Crippen LogP) is 1.54. The maximum atomic E-state index is 13.4. The number of rotatable bonds is 4. The molecule has 4 aromatic heterocycles. The first kappa shape index (κ1) is 20.2. The maximum Gasteiger partial charge on any atom is 0.293 e. The number of hydrogen-bond donors (Lipinski definition) is 1. The van der Waals surface area contributed by atoms with Crippen LogP contribution in [0.1, 0.15) is 25.5 Å². The van der Waals surface area contributed by atoms with Gasteiger partial charge in [0.15, 0.2) is 0 Å². The zero-order valence-electron chi connectivity index (χ0n) is 17.9. The van der Waals surface area contributed by atoms with Crippen molar-refractivity contribution in [1.82, 2.24) is 29.3 Å². The molecular formula is C23H24N8O. The first-order valence-corrected chi connectivity index (χ1v) is 10.7. The molecule has 1 aliphatic heterocycles. The van der Waals surface area contributed by atoms with E-state index in [0.29, 0.717) is 24.1 Å².